The van der Waals surface area contributed by atoms with E-state index in [1.54, 1.807) is 77.3 Å². The van der Waals surface area contributed by atoms with Crippen LogP contribution in [0.1, 0.15) is 89.0 Å². The van der Waals surface area contributed by atoms with Crippen LogP contribution in [0.4, 0.5) is 4.79 Å². The summed E-state index contributed by atoms with van der Waals surface area (Å²) in [6, 6.07) is 10.1. The topological polar surface area (TPSA) is 198 Å². The maximum absolute atomic E-state index is 14.6. The second kappa shape index (κ2) is 15.3. The van der Waals surface area contributed by atoms with Gasteiger partial charge in [0.2, 0.25) is 0 Å². The fourth-order valence-electron chi connectivity index (χ4n) is 8.75. The van der Waals surface area contributed by atoms with Gasteiger partial charge in [0, 0.05) is 79.5 Å². The molecule has 1 saturated heterocycles. The van der Waals surface area contributed by atoms with Crippen LogP contribution < -0.4 is 5.32 Å². The Morgan fingerprint density at radius 1 is 1.04 bits per heavy atom. The van der Waals surface area contributed by atoms with Crippen molar-refractivity contribution in [3.63, 3.8) is 0 Å². The molecule has 2 aromatic rings. The number of Topliss-reactive ketones (excluding diaryl/α,β-unsaturated/α-hetero) is 1. The molecule has 15 heteroatoms. The van der Waals surface area contributed by atoms with Crippen molar-refractivity contribution in [2.75, 3.05) is 6.61 Å². The Balaban J connectivity index is 0.00000561. The Labute approximate surface area is 354 Å². The third-order valence-electron chi connectivity index (χ3n) is 12.0. The van der Waals surface area contributed by atoms with Gasteiger partial charge in [0.1, 0.15) is 40.8 Å². The summed E-state index contributed by atoms with van der Waals surface area (Å²) in [6.07, 6.45) is -8.58. The molecule has 2 bridgehead atoms. The summed E-state index contributed by atoms with van der Waals surface area (Å²) in [5, 5.41) is 52.8. The molecule has 13 nitrogen and oxygen atoms in total. The van der Waals surface area contributed by atoms with Crippen molar-refractivity contribution in [2.24, 2.45) is 16.7 Å². The molecule has 3 aliphatic carbocycles. The SMILES string of the molecule is CC1=C2CC(=O)[C@@]3(C)[C@H]([C@H](OC(=O)c4ccccc4)[C@](O)(CC1OC(=O)[C@H](O)[C@@H](NC(=O)OC(C)(C)C)c1cccs1)C2(C)C)[C@]1(O)CO[C@@H]1C[C@@H]3O.[Ac]. The molecule has 4 aliphatic rings. The zero-order chi connectivity index (χ0) is 38.9. The van der Waals surface area contributed by atoms with Crippen molar-refractivity contribution in [2.45, 2.75) is 121 Å². The number of carbonyl (C=O) groups excluding carboxylic acids is 4. The molecule has 291 valence electrons. The average Bonchev–Trinajstić information content (AvgIpc) is 3.62. The Morgan fingerprint density at radius 2 is 1.70 bits per heavy atom. The summed E-state index contributed by atoms with van der Waals surface area (Å²) in [5.74, 6) is -3.76. The van der Waals surface area contributed by atoms with E-state index in [1.807, 2.05) is 0 Å². The second-order valence-electron chi connectivity index (χ2n) is 16.5. The molecule has 5 N–H and O–H groups in total. The largest absolute Gasteiger partial charge is 0.456 e. The number of hydrogen-bond donors (Lipinski definition) is 5. The van der Waals surface area contributed by atoms with E-state index >= 15 is 0 Å². The minimum absolute atomic E-state index is 0. The van der Waals surface area contributed by atoms with E-state index in [2.05, 4.69) is 5.32 Å². The van der Waals surface area contributed by atoms with Gasteiger partial charge in [0.25, 0.3) is 0 Å². The first-order valence-electron chi connectivity index (χ1n) is 17.8. The average molecular weight is 983 g/mol. The molecule has 1 aliphatic heterocycles. The van der Waals surface area contributed by atoms with Crippen LogP contribution in [0.25, 0.3) is 0 Å². The Bertz CT molecular complexity index is 1790. The summed E-state index contributed by atoms with van der Waals surface area (Å²) < 4.78 is 23.3. The third kappa shape index (κ3) is 7.26. The molecular weight excluding hydrogens is 933 g/mol. The number of ketones is 1. The summed E-state index contributed by atoms with van der Waals surface area (Å²) in [5.41, 5.74) is -6.76. The van der Waals surface area contributed by atoms with Gasteiger partial charge in [-0.3, -0.25) is 4.79 Å². The number of alkyl carbamates (subject to hydrolysis) is 1. The number of hydrogen-bond acceptors (Lipinski definition) is 13. The zero-order valence-corrected chi connectivity index (χ0v) is 37.1. The van der Waals surface area contributed by atoms with Gasteiger partial charge >= 0.3 is 18.0 Å². The minimum Gasteiger partial charge on any atom is -0.456 e. The second-order valence-corrected chi connectivity index (χ2v) is 17.5. The molecule has 1 aromatic carbocycles. The number of esters is 2. The number of benzene rings is 1. The molecule has 1 radical (unpaired) electrons. The number of amides is 1. The van der Waals surface area contributed by atoms with E-state index in [4.69, 9.17) is 18.9 Å². The molecule has 0 spiro atoms. The number of ether oxygens (including phenoxy) is 4. The molecule has 1 unspecified atom stereocenters. The predicted molar refractivity (Wildman–Crippen MR) is 191 cm³/mol. The van der Waals surface area contributed by atoms with Gasteiger partial charge in [-0.05, 0) is 63.8 Å². The van der Waals surface area contributed by atoms with Crippen molar-refractivity contribution >= 4 is 35.2 Å². The molecular formula is C39H49AcNO12S. The van der Waals surface area contributed by atoms with Gasteiger partial charge < -0.3 is 44.7 Å². The van der Waals surface area contributed by atoms with Crippen molar-refractivity contribution in [1.82, 2.24) is 5.32 Å². The molecule has 6 rings (SSSR count). The van der Waals surface area contributed by atoms with Crippen LogP contribution in [0.15, 0.2) is 59.0 Å². The van der Waals surface area contributed by atoms with E-state index in [0.29, 0.717) is 16.0 Å². The van der Waals surface area contributed by atoms with E-state index < -0.39 is 93.9 Å². The number of fused-ring (bicyclic) bond motifs is 5. The number of aliphatic hydroxyl groups is 4. The number of carbonyl (C=O) groups is 4. The number of nitrogens with one attached hydrogen (secondary N) is 1. The molecule has 1 amide bonds. The normalized spacial score (nSPS) is 33.9. The van der Waals surface area contributed by atoms with E-state index in [-0.39, 0.29) is 75.5 Å². The maximum Gasteiger partial charge on any atom is 0.408 e. The van der Waals surface area contributed by atoms with Crippen molar-refractivity contribution in [3.05, 3.63) is 69.4 Å². The third-order valence-corrected chi connectivity index (χ3v) is 12.9. The number of rotatable bonds is 7. The molecule has 2 heterocycles. The Kier molecular flexibility index (Phi) is 12.1. The minimum atomic E-state index is -2.12. The first-order valence-corrected chi connectivity index (χ1v) is 18.7. The maximum atomic E-state index is 14.6. The van der Waals surface area contributed by atoms with Crippen LogP contribution in [0.5, 0.6) is 0 Å². The van der Waals surface area contributed by atoms with Crippen molar-refractivity contribution in [3.8, 4) is 0 Å². The molecule has 3 fully saturated rings. The Morgan fingerprint density at radius 3 is 2.28 bits per heavy atom. The van der Waals surface area contributed by atoms with Crippen LogP contribution in [-0.4, -0.2) is 98.2 Å². The van der Waals surface area contributed by atoms with Gasteiger partial charge in [-0.2, -0.15) is 0 Å². The van der Waals surface area contributed by atoms with Crippen molar-refractivity contribution < 1.29 is 103 Å². The van der Waals surface area contributed by atoms with Crippen LogP contribution in [-0.2, 0) is 28.5 Å². The fourth-order valence-corrected chi connectivity index (χ4v) is 9.56. The van der Waals surface area contributed by atoms with Crippen LogP contribution in [0.3, 0.4) is 0 Å². The Hall–Kier alpha value is -2.22. The van der Waals surface area contributed by atoms with Gasteiger partial charge in [-0.25, -0.2) is 14.4 Å². The van der Waals surface area contributed by atoms with E-state index in [0.717, 1.165) is 0 Å². The summed E-state index contributed by atoms with van der Waals surface area (Å²) >= 11 is 1.19. The van der Waals surface area contributed by atoms with Crippen molar-refractivity contribution in [1.29, 1.82) is 0 Å². The molecule has 10 atom stereocenters. The van der Waals surface area contributed by atoms with Gasteiger partial charge in [0.15, 0.2) is 6.10 Å². The molecule has 54 heavy (non-hydrogen) atoms. The standard InChI is InChI=1S/C39H49NO12S.Ac/c1-20-22-16-25(41)37(7)26(42)17-27-38(47,19-49-27)30(37)31(51-32(44)21-12-9-8-10-13-21)39(48,36(22,5)6)18-23(20)50-33(45)29(43)28(24-14-11-15-53-24)40-34(46)52-35(2,3)4;/h8-15,23,26-31,42-43,47-48H,16-19H2,1-7H3,(H,40,46);/t23?,26-,27+,28-,29+,30-,31-,37+,38-,39+;/m0./s1. The number of aliphatic hydroxyl groups excluding tert-OH is 2. The monoisotopic (exact) mass is 982 g/mol. The zero-order valence-electron chi connectivity index (χ0n) is 31.5. The van der Waals surface area contributed by atoms with E-state index in [9.17, 15) is 39.6 Å². The predicted octanol–water partition coefficient (Wildman–Crippen LogP) is 3.78. The van der Waals surface area contributed by atoms with Crippen LogP contribution in [0, 0.1) is 60.8 Å². The van der Waals surface area contributed by atoms with Crippen LogP contribution in [0.2, 0.25) is 0 Å². The summed E-state index contributed by atoms with van der Waals surface area (Å²) in [7, 11) is 0. The smallest absolute Gasteiger partial charge is 0.408 e. The number of thiophene rings is 1. The van der Waals surface area contributed by atoms with Crippen LogP contribution >= 0.6 is 11.3 Å². The first-order chi connectivity index (χ1) is 24.6. The van der Waals surface area contributed by atoms with Gasteiger partial charge in [0.05, 0.1) is 29.8 Å². The molecule has 2 saturated carbocycles. The van der Waals surface area contributed by atoms with Gasteiger partial charge in [-0.15, -0.1) is 11.3 Å². The summed E-state index contributed by atoms with van der Waals surface area (Å²) in [6.45, 7) is 11.4. The van der Waals surface area contributed by atoms with Gasteiger partial charge in [-0.1, -0.05) is 43.7 Å². The summed E-state index contributed by atoms with van der Waals surface area (Å²) in [4.78, 5) is 55.6. The first kappa shape index (κ1) is 42.9. The molecule has 1 aromatic heterocycles. The fraction of sp³-hybridized carbons (Fsp3) is 0.590. The van der Waals surface area contributed by atoms with E-state index in [1.165, 1.54) is 30.4 Å². The quantitative estimate of drug-likeness (QED) is 0.153.